The fourth-order valence-electron chi connectivity index (χ4n) is 1.70. The zero-order valence-electron chi connectivity index (χ0n) is 9.84. The maximum Gasteiger partial charge on any atom is 0.243 e. The van der Waals surface area contributed by atoms with Crippen LogP contribution in [0.25, 0.3) is 0 Å². The molecule has 1 aromatic carbocycles. The minimum absolute atomic E-state index is 0.00116. The van der Waals surface area contributed by atoms with Crippen molar-refractivity contribution in [2.24, 2.45) is 0 Å². The number of hydrogen-bond acceptors (Lipinski definition) is 3. The second-order valence-corrected chi connectivity index (χ2v) is 6.05. The van der Waals surface area contributed by atoms with Gasteiger partial charge in [-0.05, 0) is 24.3 Å². The lowest BCUT2D eigenvalue weighted by Crippen LogP contribution is -2.50. The average Bonchev–Trinajstić information content (AvgIpc) is 2.33. The predicted octanol–water partition coefficient (Wildman–Crippen LogP) is 0.288. The van der Waals surface area contributed by atoms with E-state index in [0.717, 1.165) is 16.4 Å². The molecule has 1 aromatic rings. The third-order valence-electron chi connectivity index (χ3n) is 2.87. The van der Waals surface area contributed by atoms with Crippen molar-refractivity contribution in [1.82, 2.24) is 9.21 Å². The van der Waals surface area contributed by atoms with Crippen molar-refractivity contribution in [3.05, 3.63) is 30.1 Å². The molecule has 1 aliphatic heterocycles. The normalized spacial score (nSPS) is 18.1. The van der Waals surface area contributed by atoms with Gasteiger partial charge in [0.15, 0.2) is 0 Å². The summed E-state index contributed by atoms with van der Waals surface area (Å²) in [7, 11) is -2.09. The number of piperazine rings is 1. The Morgan fingerprint density at radius 2 is 1.78 bits per heavy atom. The first-order chi connectivity index (χ1) is 8.41. The zero-order valence-corrected chi connectivity index (χ0v) is 10.7. The third kappa shape index (κ3) is 2.37. The summed E-state index contributed by atoms with van der Waals surface area (Å²) in [5.74, 6) is -0.740. The number of sulfonamides is 1. The summed E-state index contributed by atoms with van der Waals surface area (Å²) >= 11 is 0. The molecule has 7 heteroatoms. The molecule has 18 heavy (non-hydrogen) atoms. The fraction of sp³-hybridized carbons (Fsp3) is 0.364. The van der Waals surface area contributed by atoms with Gasteiger partial charge in [0.1, 0.15) is 5.82 Å². The number of benzene rings is 1. The smallest absolute Gasteiger partial charge is 0.243 e. The van der Waals surface area contributed by atoms with Crippen LogP contribution in [0.2, 0.25) is 0 Å². The van der Waals surface area contributed by atoms with Crippen LogP contribution in [0.1, 0.15) is 0 Å². The molecule has 1 heterocycles. The lowest BCUT2D eigenvalue weighted by Gasteiger charge is -2.31. The van der Waals surface area contributed by atoms with Crippen LogP contribution in [0.15, 0.2) is 29.2 Å². The summed E-state index contributed by atoms with van der Waals surface area (Å²) in [4.78, 5) is 13.0. The van der Waals surface area contributed by atoms with Crippen molar-refractivity contribution in [3.8, 4) is 0 Å². The highest BCUT2D eigenvalue weighted by molar-refractivity contribution is 7.89. The number of halogens is 1. The van der Waals surface area contributed by atoms with Crippen LogP contribution < -0.4 is 0 Å². The Morgan fingerprint density at radius 3 is 2.33 bits per heavy atom. The van der Waals surface area contributed by atoms with Crippen molar-refractivity contribution in [2.75, 3.05) is 26.7 Å². The van der Waals surface area contributed by atoms with Gasteiger partial charge >= 0.3 is 0 Å². The Hall–Kier alpha value is -1.47. The molecule has 0 bridgehead atoms. The first-order valence-electron chi connectivity index (χ1n) is 5.41. The van der Waals surface area contributed by atoms with Crippen LogP contribution in [-0.2, 0) is 14.8 Å². The molecular weight excluding hydrogens is 259 g/mol. The maximum absolute atomic E-state index is 12.8. The molecule has 0 radical (unpaired) electrons. The highest BCUT2D eigenvalue weighted by atomic mass is 32.2. The van der Waals surface area contributed by atoms with E-state index in [1.165, 1.54) is 17.0 Å². The minimum atomic E-state index is -3.72. The molecule has 0 spiro atoms. The summed E-state index contributed by atoms with van der Waals surface area (Å²) < 4.78 is 38.2. The van der Waals surface area contributed by atoms with E-state index < -0.39 is 15.8 Å². The molecule has 0 aromatic heterocycles. The summed E-state index contributed by atoms with van der Waals surface area (Å²) in [5.41, 5.74) is 0. The standard InChI is InChI=1S/C11H13FN2O3S/c1-13-6-7-14(8-11(13)15)18(16,17)10-4-2-9(12)3-5-10/h2-5H,6-8H2,1H3. The van der Waals surface area contributed by atoms with Crippen molar-refractivity contribution < 1.29 is 17.6 Å². The second kappa shape index (κ2) is 4.66. The molecule has 0 unspecified atom stereocenters. The van der Waals surface area contributed by atoms with E-state index in [1.807, 2.05) is 0 Å². The number of carbonyl (C=O) groups is 1. The lowest BCUT2D eigenvalue weighted by molar-refractivity contribution is -0.132. The van der Waals surface area contributed by atoms with Crippen LogP contribution in [0.3, 0.4) is 0 Å². The molecular formula is C11H13FN2O3S. The van der Waals surface area contributed by atoms with Gasteiger partial charge in [-0.3, -0.25) is 4.79 Å². The third-order valence-corrected chi connectivity index (χ3v) is 4.73. The number of hydrogen-bond donors (Lipinski definition) is 0. The highest BCUT2D eigenvalue weighted by Crippen LogP contribution is 2.17. The van der Waals surface area contributed by atoms with E-state index >= 15 is 0 Å². The van der Waals surface area contributed by atoms with Crippen molar-refractivity contribution in [2.45, 2.75) is 4.90 Å². The molecule has 2 rings (SSSR count). The largest absolute Gasteiger partial charge is 0.343 e. The van der Waals surface area contributed by atoms with Crippen LogP contribution >= 0.6 is 0 Å². The SMILES string of the molecule is CN1CCN(S(=O)(=O)c2ccc(F)cc2)CC1=O. The number of nitrogens with zero attached hydrogens (tertiary/aromatic N) is 2. The van der Waals surface area contributed by atoms with Gasteiger partial charge in [-0.2, -0.15) is 4.31 Å². The Labute approximate surface area is 105 Å². The lowest BCUT2D eigenvalue weighted by atomic mass is 10.4. The number of rotatable bonds is 2. The molecule has 1 fully saturated rings. The van der Waals surface area contributed by atoms with Gasteiger partial charge < -0.3 is 4.90 Å². The Balaban J connectivity index is 2.26. The van der Waals surface area contributed by atoms with E-state index in [4.69, 9.17) is 0 Å². The topological polar surface area (TPSA) is 57.7 Å². The summed E-state index contributed by atoms with van der Waals surface area (Å²) in [6, 6.07) is 4.58. The molecule has 0 aliphatic carbocycles. The quantitative estimate of drug-likeness (QED) is 0.777. The van der Waals surface area contributed by atoms with Gasteiger partial charge in [-0.1, -0.05) is 0 Å². The number of carbonyl (C=O) groups excluding carboxylic acids is 1. The average molecular weight is 272 g/mol. The molecule has 0 N–H and O–H groups in total. The van der Waals surface area contributed by atoms with E-state index in [0.29, 0.717) is 6.54 Å². The number of likely N-dealkylation sites (N-methyl/N-ethyl adjacent to an activating group) is 1. The predicted molar refractivity (Wildman–Crippen MR) is 62.8 cm³/mol. The zero-order chi connectivity index (χ0) is 13.3. The van der Waals surface area contributed by atoms with E-state index in [-0.39, 0.29) is 23.9 Å². The second-order valence-electron chi connectivity index (χ2n) is 4.11. The van der Waals surface area contributed by atoms with Gasteiger partial charge in [0.2, 0.25) is 15.9 Å². The monoisotopic (exact) mass is 272 g/mol. The minimum Gasteiger partial charge on any atom is -0.343 e. The molecule has 1 aliphatic rings. The first-order valence-corrected chi connectivity index (χ1v) is 6.85. The van der Waals surface area contributed by atoms with Crippen molar-refractivity contribution in [3.63, 3.8) is 0 Å². The Kier molecular flexibility index (Phi) is 3.36. The Bertz CT molecular complexity index is 556. The molecule has 1 amide bonds. The van der Waals surface area contributed by atoms with Crippen LogP contribution in [0.4, 0.5) is 4.39 Å². The van der Waals surface area contributed by atoms with Crippen molar-refractivity contribution >= 4 is 15.9 Å². The summed E-state index contributed by atoms with van der Waals surface area (Å²) in [5, 5.41) is 0. The maximum atomic E-state index is 12.8. The van der Waals surface area contributed by atoms with Crippen LogP contribution in [0.5, 0.6) is 0 Å². The number of amides is 1. The van der Waals surface area contributed by atoms with Crippen molar-refractivity contribution in [1.29, 1.82) is 0 Å². The van der Waals surface area contributed by atoms with Crippen LogP contribution in [-0.4, -0.2) is 50.2 Å². The van der Waals surface area contributed by atoms with Gasteiger partial charge in [0.05, 0.1) is 11.4 Å². The first kappa shape index (κ1) is 13.0. The molecule has 98 valence electrons. The summed E-state index contributed by atoms with van der Waals surface area (Å²) in [6.45, 7) is 0.442. The highest BCUT2D eigenvalue weighted by Gasteiger charge is 2.31. The summed E-state index contributed by atoms with van der Waals surface area (Å²) in [6.07, 6.45) is 0. The van der Waals surface area contributed by atoms with Gasteiger partial charge in [0.25, 0.3) is 0 Å². The fourth-order valence-corrected chi connectivity index (χ4v) is 3.08. The van der Waals surface area contributed by atoms with E-state index in [2.05, 4.69) is 0 Å². The molecule has 5 nitrogen and oxygen atoms in total. The van der Waals surface area contributed by atoms with E-state index in [1.54, 1.807) is 7.05 Å². The molecule has 0 atom stereocenters. The molecule has 1 saturated heterocycles. The van der Waals surface area contributed by atoms with Gasteiger partial charge in [-0.25, -0.2) is 12.8 Å². The van der Waals surface area contributed by atoms with Gasteiger partial charge in [0, 0.05) is 20.1 Å². The Morgan fingerprint density at radius 1 is 1.17 bits per heavy atom. The van der Waals surface area contributed by atoms with E-state index in [9.17, 15) is 17.6 Å². The van der Waals surface area contributed by atoms with Crippen LogP contribution in [0, 0.1) is 5.82 Å². The molecule has 0 saturated carbocycles. The van der Waals surface area contributed by atoms with Gasteiger partial charge in [-0.15, -0.1) is 0 Å².